The van der Waals surface area contributed by atoms with Crippen molar-refractivity contribution in [1.82, 2.24) is 14.8 Å². The molecule has 0 radical (unpaired) electrons. The molecule has 1 saturated heterocycles. The number of carbonyl (C=O) groups excluding carboxylic acids is 2. The van der Waals surface area contributed by atoms with Crippen LogP contribution in [0.1, 0.15) is 73.1 Å². The largest absolute Gasteiger partial charge is 0.496 e. The lowest BCUT2D eigenvalue weighted by atomic mass is 9.98. The van der Waals surface area contributed by atoms with Crippen LogP contribution >= 0.6 is 0 Å². The molecule has 0 bridgehead atoms. The van der Waals surface area contributed by atoms with Gasteiger partial charge in [0, 0.05) is 48.9 Å². The zero-order chi connectivity index (χ0) is 31.1. The molecular formula is C34H45N3O6. The maximum absolute atomic E-state index is 13.1. The summed E-state index contributed by atoms with van der Waals surface area (Å²) in [6.07, 6.45) is 6.07. The molecule has 1 aliphatic heterocycles. The number of aryl methyl sites for hydroxylation is 1. The Morgan fingerprint density at radius 1 is 1.12 bits per heavy atom. The molecule has 1 fully saturated rings. The van der Waals surface area contributed by atoms with Crippen molar-refractivity contribution in [2.24, 2.45) is 0 Å². The van der Waals surface area contributed by atoms with E-state index in [1.165, 1.54) is 7.11 Å². The van der Waals surface area contributed by atoms with Crippen molar-refractivity contribution in [2.45, 2.75) is 65.1 Å². The maximum Gasteiger partial charge on any atom is 0.419 e. The average molecular weight is 592 g/mol. The van der Waals surface area contributed by atoms with Gasteiger partial charge in [-0.1, -0.05) is 12.1 Å². The van der Waals surface area contributed by atoms with Gasteiger partial charge in [0.05, 0.1) is 37.9 Å². The first-order chi connectivity index (χ1) is 20.6. The SMILES string of the molecule is C=CCCCCOc1cc(C(=O)OC)ccc1C1CNCCN1Cc1c(OC)cc(C)c2c1ccn2C(=O)OC(C)(C)C. The van der Waals surface area contributed by atoms with E-state index < -0.39 is 17.7 Å². The molecule has 0 spiro atoms. The van der Waals surface area contributed by atoms with Crippen molar-refractivity contribution in [1.29, 1.82) is 0 Å². The standard InChI is InChI=1S/C34H45N3O6/c1-8-9-10-11-18-42-30-20-24(32(38)41-7)12-13-26(30)28-21-35-15-17-36(28)22-27-25-14-16-37(33(39)43-34(3,4)5)31(25)23(2)19-29(27)40-6/h8,12-14,16,19-20,28,35H,1,9-11,15,17-18,21-22H2,2-7H3. The summed E-state index contributed by atoms with van der Waals surface area (Å²) in [5.41, 5.74) is 3.57. The fourth-order valence-corrected chi connectivity index (χ4v) is 5.57. The zero-order valence-corrected chi connectivity index (χ0v) is 26.3. The number of fused-ring (bicyclic) bond motifs is 1. The molecule has 2 aromatic carbocycles. The maximum atomic E-state index is 13.1. The molecule has 1 atom stereocenters. The highest BCUT2D eigenvalue weighted by atomic mass is 16.6. The van der Waals surface area contributed by atoms with Crippen LogP contribution in [0, 0.1) is 6.92 Å². The Balaban J connectivity index is 1.71. The topological polar surface area (TPSA) is 91.3 Å². The van der Waals surface area contributed by atoms with Crippen molar-refractivity contribution in [3.63, 3.8) is 0 Å². The molecule has 1 unspecified atom stereocenters. The number of allylic oxidation sites excluding steroid dienone is 1. The Hall–Kier alpha value is -3.82. The molecule has 43 heavy (non-hydrogen) atoms. The van der Waals surface area contributed by atoms with Gasteiger partial charge in [-0.3, -0.25) is 9.47 Å². The van der Waals surface area contributed by atoms with Crippen LogP contribution in [0.3, 0.4) is 0 Å². The van der Waals surface area contributed by atoms with E-state index in [-0.39, 0.29) is 6.04 Å². The van der Waals surface area contributed by atoms with Crippen LogP contribution < -0.4 is 14.8 Å². The van der Waals surface area contributed by atoms with Gasteiger partial charge in [0.15, 0.2) is 0 Å². The lowest BCUT2D eigenvalue weighted by Crippen LogP contribution is -2.45. The number of hydrogen-bond donors (Lipinski definition) is 1. The molecule has 1 aliphatic rings. The molecule has 9 nitrogen and oxygen atoms in total. The highest BCUT2D eigenvalue weighted by Gasteiger charge is 2.30. The number of methoxy groups -OCH3 is 2. The third-order valence-electron chi connectivity index (χ3n) is 7.61. The minimum absolute atomic E-state index is 0.0300. The first kappa shape index (κ1) is 32.1. The van der Waals surface area contributed by atoms with E-state index >= 15 is 0 Å². The molecule has 0 amide bonds. The van der Waals surface area contributed by atoms with Gasteiger partial charge in [-0.05, 0) is 76.8 Å². The zero-order valence-electron chi connectivity index (χ0n) is 26.3. The summed E-state index contributed by atoms with van der Waals surface area (Å²) in [6, 6.07) is 9.47. The number of nitrogens with zero attached hydrogens (tertiary/aromatic N) is 2. The Morgan fingerprint density at radius 2 is 1.91 bits per heavy atom. The molecule has 2 heterocycles. The second-order valence-corrected chi connectivity index (χ2v) is 11.9. The molecule has 0 saturated carbocycles. The predicted molar refractivity (Wildman–Crippen MR) is 168 cm³/mol. The molecule has 3 aromatic rings. The van der Waals surface area contributed by atoms with Crippen LogP contribution in [-0.4, -0.2) is 67.6 Å². The Bertz CT molecular complexity index is 1450. The van der Waals surface area contributed by atoms with Crippen LogP contribution in [-0.2, 0) is 16.0 Å². The van der Waals surface area contributed by atoms with Gasteiger partial charge in [0.1, 0.15) is 17.1 Å². The number of ether oxygens (including phenoxy) is 4. The number of piperazine rings is 1. The normalized spacial score (nSPS) is 15.7. The van der Waals surface area contributed by atoms with Crippen LogP contribution in [0.2, 0.25) is 0 Å². The molecule has 9 heteroatoms. The summed E-state index contributed by atoms with van der Waals surface area (Å²) >= 11 is 0. The number of rotatable bonds is 11. The van der Waals surface area contributed by atoms with E-state index in [0.29, 0.717) is 31.0 Å². The lowest BCUT2D eigenvalue weighted by Gasteiger charge is -2.37. The van der Waals surface area contributed by atoms with Gasteiger partial charge in [0.25, 0.3) is 0 Å². The summed E-state index contributed by atoms with van der Waals surface area (Å²) in [5, 5.41) is 4.47. The number of aromatic nitrogens is 1. The fourth-order valence-electron chi connectivity index (χ4n) is 5.57. The van der Waals surface area contributed by atoms with Crippen molar-refractivity contribution < 1.29 is 28.5 Å². The molecular weight excluding hydrogens is 546 g/mol. The quantitative estimate of drug-likeness (QED) is 0.155. The van der Waals surface area contributed by atoms with Gasteiger partial charge in [-0.25, -0.2) is 9.59 Å². The van der Waals surface area contributed by atoms with Crippen LogP contribution in [0.4, 0.5) is 4.79 Å². The third-order valence-corrected chi connectivity index (χ3v) is 7.61. The number of esters is 1. The second-order valence-electron chi connectivity index (χ2n) is 11.9. The van der Waals surface area contributed by atoms with Crippen LogP contribution in [0.15, 0.2) is 49.2 Å². The highest BCUT2D eigenvalue weighted by Crippen LogP contribution is 2.37. The first-order valence-electron chi connectivity index (χ1n) is 14.9. The molecule has 1 N–H and O–H groups in total. The Labute approximate surface area is 254 Å². The number of benzene rings is 2. The molecule has 232 valence electrons. The van der Waals surface area contributed by atoms with Gasteiger partial charge in [0.2, 0.25) is 0 Å². The Morgan fingerprint density at radius 3 is 2.60 bits per heavy atom. The monoisotopic (exact) mass is 591 g/mol. The first-order valence-corrected chi connectivity index (χ1v) is 14.9. The minimum Gasteiger partial charge on any atom is -0.496 e. The van der Waals surface area contributed by atoms with E-state index in [1.807, 2.05) is 52.0 Å². The summed E-state index contributed by atoms with van der Waals surface area (Å²) < 4.78 is 24.4. The average Bonchev–Trinajstić information content (AvgIpc) is 3.44. The summed E-state index contributed by atoms with van der Waals surface area (Å²) in [5.74, 6) is 1.05. The smallest absolute Gasteiger partial charge is 0.419 e. The number of unbranched alkanes of at least 4 members (excludes halogenated alkanes) is 2. The van der Waals surface area contributed by atoms with Crippen molar-refractivity contribution in [3.05, 3.63) is 71.4 Å². The van der Waals surface area contributed by atoms with Crippen molar-refractivity contribution in [3.8, 4) is 11.5 Å². The molecule has 1 aromatic heterocycles. The van der Waals surface area contributed by atoms with E-state index in [9.17, 15) is 9.59 Å². The summed E-state index contributed by atoms with van der Waals surface area (Å²) in [6.45, 7) is 14.8. The van der Waals surface area contributed by atoms with Crippen LogP contribution in [0.5, 0.6) is 11.5 Å². The highest BCUT2D eigenvalue weighted by molar-refractivity contribution is 5.95. The van der Waals surface area contributed by atoms with Crippen LogP contribution in [0.25, 0.3) is 10.9 Å². The van der Waals surface area contributed by atoms with Crippen molar-refractivity contribution in [2.75, 3.05) is 40.5 Å². The Kier molecular flexibility index (Phi) is 10.5. The number of carbonyl (C=O) groups is 2. The number of hydrogen-bond acceptors (Lipinski definition) is 8. The van der Waals surface area contributed by atoms with Crippen molar-refractivity contribution >= 4 is 23.0 Å². The number of nitrogens with one attached hydrogen (secondary N) is 1. The molecule has 0 aliphatic carbocycles. The third kappa shape index (κ3) is 7.58. The van der Waals surface area contributed by atoms with Gasteiger partial charge in [-0.15, -0.1) is 6.58 Å². The minimum atomic E-state index is -0.611. The second kappa shape index (κ2) is 14.1. The van der Waals surface area contributed by atoms with Gasteiger partial charge in [-0.2, -0.15) is 0 Å². The van der Waals surface area contributed by atoms with E-state index in [0.717, 1.165) is 65.7 Å². The lowest BCUT2D eigenvalue weighted by molar-refractivity contribution is 0.0542. The van der Waals surface area contributed by atoms with Gasteiger partial charge >= 0.3 is 12.1 Å². The van der Waals surface area contributed by atoms with E-state index in [1.54, 1.807) is 30.0 Å². The summed E-state index contributed by atoms with van der Waals surface area (Å²) in [4.78, 5) is 27.9. The predicted octanol–water partition coefficient (Wildman–Crippen LogP) is 6.41. The van der Waals surface area contributed by atoms with Gasteiger partial charge < -0.3 is 24.3 Å². The molecule has 4 rings (SSSR count). The van der Waals surface area contributed by atoms with E-state index in [4.69, 9.17) is 18.9 Å². The van der Waals surface area contributed by atoms with E-state index in [2.05, 4.69) is 16.8 Å². The fraction of sp³-hybridized carbons (Fsp3) is 0.471. The summed E-state index contributed by atoms with van der Waals surface area (Å²) in [7, 11) is 3.05.